The van der Waals surface area contributed by atoms with Crippen LogP contribution in [0.15, 0.2) is 29.4 Å². The van der Waals surface area contributed by atoms with Gasteiger partial charge in [-0.1, -0.05) is 41.6 Å². The van der Waals surface area contributed by atoms with Crippen molar-refractivity contribution in [1.29, 1.82) is 0 Å². The van der Waals surface area contributed by atoms with E-state index in [-0.39, 0.29) is 5.75 Å². The zero-order valence-electron chi connectivity index (χ0n) is 13.7. The standard InChI is InChI=1S/C17H18N4O2S/c1-10-5-4-6-13(7-10)8-14-11(2)18-16-19-17(24-9-15(22)23)20-21(16)12(14)3/h4-7H,8-9H2,1-3H3,(H,22,23)/p-1. The lowest BCUT2D eigenvalue weighted by atomic mass is 10.0. The summed E-state index contributed by atoms with van der Waals surface area (Å²) in [6.45, 7) is 6.01. The second-order valence-corrected chi connectivity index (χ2v) is 6.64. The molecule has 0 aliphatic carbocycles. The molecule has 3 rings (SSSR count). The van der Waals surface area contributed by atoms with Gasteiger partial charge in [0.2, 0.25) is 5.16 Å². The zero-order chi connectivity index (χ0) is 17.3. The minimum atomic E-state index is -1.14. The first kappa shape index (κ1) is 16.4. The molecule has 7 heteroatoms. The molecule has 6 nitrogen and oxygen atoms in total. The number of carboxylic acids is 1. The fraction of sp³-hybridized carbons (Fsp3) is 0.294. The largest absolute Gasteiger partial charge is 0.549 e. The predicted octanol–water partition coefficient (Wildman–Crippen LogP) is 1.48. The molecule has 0 unspecified atom stereocenters. The summed E-state index contributed by atoms with van der Waals surface area (Å²) >= 11 is 1.04. The normalized spacial score (nSPS) is 11.1. The van der Waals surface area contributed by atoms with E-state index in [4.69, 9.17) is 0 Å². The van der Waals surface area contributed by atoms with E-state index < -0.39 is 5.97 Å². The Morgan fingerprint density at radius 1 is 1.25 bits per heavy atom. The molecule has 0 spiro atoms. The lowest BCUT2D eigenvalue weighted by molar-refractivity contribution is -0.301. The molecule has 2 heterocycles. The highest BCUT2D eigenvalue weighted by molar-refractivity contribution is 7.99. The molecule has 0 amide bonds. The molecule has 0 aliphatic rings. The molecule has 1 aromatic carbocycles. The van der Waals surface area contributed by atoms with Crippen molar-refractivity contribution in [2.45, 2.75) is 32.3 Å². The van der Waals surface area contributed by atoms with Gasteiger partial charge < -0.3 is 9.90 Å². The number of aryl methyl sites for hydroxylation is 3. The summed E-state index contributed by atoms with van der Waals surface area (Å²) in [6.07, 6.45) is 0.768. The van der Waals surface area contributed by atoms with Crippen molar-refractivity contribution in [2.24, 2.45) is 0 Å². The lowest BCUT2D eigenvalue weighted by Crippen LogP contribution is -2.24. The smallest absolute Gasteiger partial charge is 0.253 e. The van der Waals surface area contributed by atoms with Crippen LogP contribution in [0.1, 0.15) is 28.1 Å². The number of benzene rings is 1. The van der Waals surface area contributed by atoms with Crippen LogP contribution >= 0.6 is 11.8 Å². The monoisotopic (exact) mass is 341 g/mol. The Morgan fingerprint density at radius 3 is 2.75 bits per heavy atom. The van der Waals surface area contributed by atoms with Gasteiger partial charge in [0.05, 0.1) is 5.97 Å². The molecule has 0 radical (unpaired) electrons. The van der Waals surface area contributed by atoms with Crippen LogP contribution in [-0.4, -0.2) is 31.3 Å². The summed E-state index contributed by atoms with van der Waals surface area (Å²) in [5.74, 6) is -0.830. The Morgan fingerprint density at radius 2 is 2.04 bits per heavy atom. The van der Waals surface area contributed by atoms with Gasteiger partial charge in [-0.25, -0.2) is 9.50 Å². The third-order valence-corrected chi connectivity index (χ3v) is 4.62. The third kappa shape index (κ3) is 3.41. The first-order chi connectivity index (χ1) is 11.4. The second kappa shape index (κ2) is 6.60. The first-order valence-corrected chi connectivity index (χ1v) is 8.53. The molecule has 0 atom stereocenters. The third-order valence-electron chi connectivity index (χ3n) is 3.81. The number of aliphatic carboxylic acids is 1. The first-order valence-electron chi connectivity index (χ1n) is 7.55. The summed E-state index contributed by atoms with van der Waals surface area (Å²) in [5.41, 5.74) is 5.42. The molecule has 0 bridgehead atoms. The summed E-state index contributed by atoms with van der Waals surface area (Å²) < 4.78 is 1.68. The minimum Gasteiger partial charge on any atom is -0.549 e. The molecule has 2 aromatic heterocycles. The van der Waals surface area contributed by atoms with Crippen molar-refractivity contribution in [3.8, 4) is 0 Å². The van der Waals surface area contributed by atoms with Crippen molar-refractivity contribution in [1.82, 2.24) is 19.6 Å². The van der Waals surface area contributed by atoms with Gasteiger partial charge in [-0.3, -0.25) is 0 Å². The molecular weight excluding hydrogens is 324 g/mol. The van der Waals surface area contributed by atoms with Crippen molar-refractivity contribution in [2.75, 3.05) is 5.75 Å². The highest BCUT2D eigenvalue weighted by Crippen LogP contribution is 2.20. The van der Waals surface area contributed by atoms with Crippen LogP contribution < -0.4 is 5.11 Å². The van der Waals surface area contributed by atoms with Crippen LogP contribution in [0.4, 0.5) is 0 Å². The second-order valence-electron chi connectivity index (χ2n) is 5.69. The number of carboxylic acid groups (broad SMARTS) is 1. The molecule has 0 saturated carbocycles. The fourth-order valence-corrected chi connectivity index (χ4v) is 3.19. The number of thioether (sulfide) groups is 1. The number of carbonyl (C=O) groups is 1. The van der Waals surface area contributed by atoms with E-state index in [2.05, 4.69) is 40.2 Å². The van der Waals surface area contributed by atoms with Crippen molar-refractivity contribution >= 4 is 23.5 Å². The van der Waals surface area contributed by atoms with Crippen molar-refractivity contribution < 1.29 is 9.90 Å². The summed E-state index contributed by atoms with van der Waals surface area (Å²) in [7, 11) is 0. The van der Waals surface area contributed by atoms with E-state index in [9.17, 15) is 9.90 Å². The Labute approximate surface area is 144 Å². The van der Waals surface area contributed by atoms with E-state index in [0.29, 0.717) is 10.9 Å². The number of fused-ring (bicyclic) bond motifs is 1. The number of rotatable bonds is 5. The van der Waals surface area contributed by atoms with Crippen LogP contribution in [-0.2, 0) is 11.2 Å². The highest BCUT2D eigenvalue weighted by atomic mass is 32.2. The van der Waals surface area contributed by atoms with Crippen LogP contribution in [0.25, 0.3) is 5.78 Å². The molecule has 124 valence electrons. The van der Waals surface area contributed by atoms with Gasteiger partial charge in [-0.15, -0.1) is 5.10 Å². The van der Waals surface area contributed by atoms with Gasteiger partial charge in [-0.05, 0) is 31.9 Å². The van der Waals surface area contributed by atoms with Gasteiger partial charge in [0, 0.05) is 23.6 Å². The van der Waals surface area contributed by atoms with Gasteiger partial charge in [0.25, 0.3) is 5.78 Å². The van der Waals surface area contributed by atoms with Crippen LogP contribution in [0, 0.1) is 20.8 Å². The Hall–Kier alpha value is -2.41. The number of aromatic nitrogens is 4. The lowest BCUT2D eigenvalue weighted by Gasteiger charge is -2.10. The Kier molecular flexibility index (Phi) is 4.53. The minimum absolute atomic E-state index is 0.176. The molecule has 24 heavy (non-hydrogen) atoms. The Balaban J connectivity index is 1.98. The van der Waals surface area contributed by atoms with Crippen LogP contribution in [0.3, 0.4) is 0 Å². The molecule has 0 N–H and O–H groups in total. The number of hydrogen-bond donors (Lipinski definition) is 0. The van der Waals surface area contributed by atoms with E-state index in [0.717, 1.165) is 35.1 Å². The fourth-order valence-electron chi connectivity index (χ4n) is 2.66. The maximum atomic E-state index is 10.6. The van der Waals surface area contributed by atoms with Gasteiger partial charge in [0.1, 0.15) is 0 Å². The molecule has 3 aromatic rings. The number of carbonyl (C=O) groups excluding carboxylic acids is 1. The van der Waals surface area contributed by atoms with Crippen LogP contribution in [0.5, 0.6) is 0 Å². The predicted molar refractivity (Wildman–Crippen MR) is 90.0 cm³/mol. The van der Waals surface area contributed by atoms with E-state index in [1.807, 2.05) is 19.9 Å². The van der Waals surface area contributed by atoms with Gasteiger partial charge in [-0.2, -0.15) is 4.98 Å². The van der Waals surface area contributed by atoms with Gasteiger partial charge in [0.15, 0.2) is 0 Å². The molecular formula is C17H17N4O2S-. The molecule has 0 aliphatic heterocycles. The van der Waals surface area contributed by atoms with Crippen molar-refractivity contribution in [3.63, 3.8) is 0 Å². The summed E-state index contributed by atoms with van der Waals surface area (Å²) in [4.78, 5) is 19.4. The summed E-state index contributed by atoms with van der Waals surface area (Å²) in [5, 5.41) is 15.3. The maximum Gasteiger partial charge on any atom is 0.253 e. The average Bonchev–Trinajstić information content (AvgIpc) is 2.92. The quantitative estimate of drug-likeness (QED) is 0.654. The SMILES string of the molecule is Cc1cccc(Cc2c(C)nc3nc(SCC(=O)[O-])nn3c2C)c1. The van der Waals surface area contributed by atoms with E-state index in [1.54, 1.807) is 4.52 Å². The average molecular weight is 341 g/mol. The Bertz CT molecular complexity index is 920. The molecule has 0 fully saturated rings. The number of nitrogens with zero attached hydrogens (tertiary/aromatic N) is 4. The van der Waals surface area contributed by atoms with E-state index in [1.165, 1.54) is 11.1 Å². The van der Waals surface area contributed by atoms with Crippen molar-refractivity contribution in [3.05, 3.63) is 52.3 Å². The zero-order valence-corrected chi connectivity index (χ0v) is 14.6. The number of hydrogen-bond acceptors (Lipinski definition) is 6. The molecule has 0 saturated heterocycles. The van der Waals surface area contributed by atoms with Gasteiger partial charge >= 0.3 is 0 Å². The maximum absolute atomic E-state index is 10.6. The highest BCUT2D eigenvalue weighted by Gasteiger charge is 2.14. The van der Waals surface area contributed by atoms with Crippen LogP contribution in [0.2, 0.25) is 0 Å². The topological polar surface area (TPSA) is 83.2 Å². The van der Waals surface area contributed by atoms with E-state index >= 15 is 0 Å². The summed E-state index contributed by atoms with van der Waals surface area (Å²) in [6, 6.07) is 8.37.